The van der Waals surface area contributed by atoms with Gasteiger partial charge >= 0.3 is 0 Å². The largest absolute Gasteiger partial charge is 0.484 e. The Bertz CT molecular complexity index is 797. The number of benzene rings is 1. The lowest BCUT2D eigenvalue weighted by molar-refractivity contribution is -0.133. The molecule has 2 aromatic rings. The fourth-order valence-electron chi connectivity index (χ4n) is 3.73. The molecule has 148 valence electrons. The van der Waals surface area contributed by atoms with E-state index in [2.05, 4.69) is 26.1 Å². The zero-order valence-electron chi connectivity index (χ0n) is 16.4. The zero-order valence-corrected chi connectivity index (χ0v) is 16.4. The van der Waals surface area contributed by atoms with Crippen molar-refractivity contribution in [1.29, 1.82) is 0 Å². The van der Waals surface area contributed by atoms with Gasteiger partial charge in [-0.05, 0) is 49.6 Å². The van der Waals surface area contributed by atoms with Gasteiger partial charge in [-0.2, -0.15) is 0 Å². The summed E-state index contributed by atoms with van der Waals surface area (Å²) in [5.74, 6) is 2.60. The molecule has 3 heterocycles. The van der Waals surface area contributed by atoms with Gasteiger partial charge in [0.05, 0.1) is 0 Å². The van der Waals surface area contributed by atoms with Gasteiger partial charge in [-0.1, -0.05) is 12.1 Å². The minimum atomic E-state index is 0.0246. The molecule has 1 aromatic heterocycles. The van der Waals surface area contributed by atoms with Crippen molar-refractivity contribution in [1.82, 2.24) is 15.1 Å². The predicted octanol–water partition coefficient (Wildman–Crippen LogP) is 2.11. The second-order valence-corrected chi connectivity index (χ2v) is 7.42. The summed E-state index contributed by atoms with van der Waals surface area (Å²) in [5.41, 5.74) is 1.12. The van der Waals surface area contributed by atoms with E-state index in [1.165, 1.54) is 12.8 Å². The molecule has 1 amide bonds. The van der Waals surface area contributed by atoms with E-state index < -0.39 is 0 Å². The number of carbonyl (C=O) groups is 1. The van der Waals surface area contributed by atoms with Gasteiger partial charge in [0.2, 0.25) is 0 Å². The third-order valence-electron chi connectivity index (χ3n) is 5.37. The first-order valence-corrected chi connectivity index (χ1v) is 10.00. The van der Waals surface area contributed by atoms with Crippen molar-refractivity contribution in [2.24, 2.45) is 0 Å². The highest BCUT2D eigenvalue weighted by molar-refractivity contribution is 5.78. The van der Waals surface area contributed by atoms with Crippen LogP contribution in [-0.2, 0) is 4.79 Å². The van der Waals surface area contributed by atoms with E-state index in [1.54, 1.807) is 0 Å². The van der Waals surface area contributed by atoms with Crippen LogP contribution in [0.1, 0.15) is 18.4 Å². The van der Waals surface area contributed by atoms with Crippen LogP contribution in [0, 0.1) is 6.92 Å². The highest BCUT2D eigenvalue weighted by Gasteiger charge is 2.23. The molecular formula is C21H27N5O2. The molecule has 4 rings (SSSR count). The second-order valence-electron chi connectivity index (χ2n) is 7.42. The number of anilines is 2. The van der Waals surface area contributed by atoms with Crippen LogP contribution in [-0.4, -0.2) is 66.9 Å². The van der Waals surface area contributed by atoms with Crippen molar-refractivity contribution in [3.8, 4) is 5.75 Å². The predicted molar refractivity (Wildman–Crippen MR) is 109 cm³/mol. The number of nitrogens with zero attached hydrogens (tertiary/aromatic N) is 5. The monoisotopic (exact) mass is 381 g/mol. The summed E-state index contributed by atoms with van der Waals surface area (Å²) in [4.78, 5) is 18.8. The molecule has 2 aliphatic heterocycles. The molecule has 0 saturated carbocycles. The number of aryl methyl sites for hydroxylation is 1. The summed E-state index contributed by atoms with van der Waals surface area (Å²) in [6.45, 7) is 7.08. The Morgan fingerprint density at radius 1 is 0.929 bits per heavy atom. The van der Waals surface area contributed by atoms with Gasteiger partial charge in [-0.3, -0.25) is 4.79 Å². The smallest absolute Gasteiger partial charge is 0.260 e. The van der Waals surface area contributed by atoms with Gasteiger partial charge < -0.3 is 19.4 Å². The maximum atomic E-state index is 12.4. The lowest BCUT2D eigenvalue weighted by atomic mass is 10.2. The van der Waals surface area contributed by atoms with E-state index in [0.29, 0.717) is 13.1 Å². The van der Waals surface area contributed by atoms with Crippen LogP contribution in [0.15, 0.2) is 36.4 Å². The molecule has 0 bridgehead atoms. The van der Waals surface area contributed by atoms with Crippen LogP contribution in [0.25, 0.3) is 0 Å². The van der Waals surface area contributed by atoms with E-state index >= 15 is 0 Å². The highest BCUT2D eigenvalue weighted by Crippen LogP contribution is 2.20. The van der Waals surface area contributed by atoms with Crippen LogP contribution >= 0.6 is 0 Å². The second kappa shape index (κ2) is 8.46. The first-order valence-electron chi connectivity index (χ1n) is 10.00. The van der Waals surface area contributed by atoms with E-state index in [1.807, 2.05) is 42.2 Å². The van der Waals surface area contributed by atoms with Crippen LogP contribution < -0.4 is 14.5 Å². The summed E-state index contributed by atoms with van der Waals surface area (Å²) in [6, 6.07) is 11.9. The van der Waals surface area contributed by atoms with Crippen molar-refractivity contribution in [3.63, 3.8) is 0 Å². The highest BCUT2D eigenvalue weighted by atomic mass is 16.5. The Labute approximate surface area is 165 Å². The molecule has 1 aromatic carbocycles. The third-order valence-corrected chi connectivity index (χ3v) is 5.37. The first kappa shape index (κ1) is 18.5. The van der Waals surface area contributed by atoms with Crippen molar-refractivity contribution >= 4 is 17.5 Å². The van der Waals surface area contributed by atoms with Gasteiger partial charge in [0.1, 0.15) is 5.75 Å². The average molecular weight is 381 g/mol. The van der Waals surface area contributed by atoms with Gasteiger partial charge in [0, 0.05) is 39.3 Å². The molecule has 28 heavy (non-hydrogen) atoms. The number of amides is 1. The number of hydrogen-bond donors (Lipinski definition) is 0. The Kier molecular flexibility index (Phi) is 5.60. The van der Waals surface area contributed by atoms with Crippen LogP contribution in [0.5, 0.6) is 5.75 Å². The minimum absolute atomic E-state index is 0.0246. The number of rotatable bonds is 5. The normalized spacial score (nSPS) is 17.1. The SMILES string of the molecule is Cc1cccc(OCC(=O)N2CCN(c3ccc(N4CCCC4)nn3)CC2)c1. The number of carbonyl (C=O) groups excluding carboxylic acids is 1. The van der Waals surface area contributed by atoms with Crippen LogP contribution in [0.2, 0.25) is 0 Å². The number of aromatic nitrogens is 2. The van der Waals surface area contributed by atoms with Gasteiger partial charge in [-0.25, -0.2) is 0 Å². The number of piperazine rings is 1. The maximum Gasteiger partial charge on any atom is 0.260 e. The van der Waals surface area contributed by atoms with E-state index in [9.17, 15) is 4.79 Å². The summed E-state index contributed by atoms with van der Waals surface area (Å²) in [5, 5.41) is 8.80. The summed E-state index contributed by atoms with van der Waals surface area (Å²) < 4.78 is 5.64. The fourth-order valence-corrected chi connectivity index (χ4v) is 3.73. The van der Waals surface area contributed by atoms with Crippen molar-refractivity contribution < 1.29 is 9.53 Å². The molecular weight excluding hydrogens is 354 g/mol. The third kappa shape index (κ3) is 4.35. The molecule has 2 fully saturated rings. The van der Waals surface area contributed by atoms with E-state index in [4.69, 9.17) is 4.74 Å². The van der Waals surface area contributed by atoms with Crippen molar-refractivity contribution in [3.05, 3.63) is 42.0 Å². The summed E-state index contributed by atoms with van der Waals surface area (Å²) in [6.07, 6.45) is 2.46. The molecule has 7 heteroatoms. The molecule has 0 N–H and O–H groups in total. The fraction of sp³-hybridized carbons (Fsp3) is 0.476. The Hall–Kier alpha value is -2.83. The van der Waals surface area contributed by atoms with E-state index in [-0.39, 0.29) is 12.5 Å². The molecule has 0 spiro atoms. The Morgan fingerprint density at radius 3 is 2.18 bits per heavy atom. The summed E-state index contributed by atoms with van der Waals surface area (Å²) >= 11 is 0. The lowest BCUT2D eigenvalue weighted by Gasteiger charge is -2.35. The quantitative estimate of drug-likeness (QED) is 0.791. The summed E-state index contributed by atoms with van der Waals surface area (Å²) in [7, 11) is 0. The zero-order chi connectivity index (χ0) is 19.3. The molecule has 0 aliphatic carbocycles. The molecule has 0 radical (unpaired) electrons. The van der Waals surface area contributed by atoms with Gasteiger partial charge in [0.25, 0.3) is 5.91 Å². The van der Waals surface area contributed by atoms with Gasteiger partial charge in [0.15, 0.2) is 18.2 Å². The molecule has 7 nitrogen and oxygen atoms in total. The lowest BCUT2D eigenvalue weighted by Crippen LogP contribution is -2.50. The molecule has 0 unspecified atom stereocenters. The maximum absolute atomic E-state index is 12.4. The molecule has 2 saturated heterocycles. The average Bonchev–Trinajstić information content (AvgIpc) is 3.27. The first-order chi connectivity index (χ1) is 13.7. The standard InChI is InChI=1S/C21H27N5O2/c1-17-5-4-6-18(15-17)28-16-21(27)26-13-11-25(12-14-26)20-8-7-19(22-23-20)24-9-2-3-10-24/h4-8,15H,2-3,9-14,16H2,1H3. The number of hydrogen-bond acceptors (Lipinski definition) is 6. The molecule has 2 aliphatic rings. The van der Waals surface area contributed by atoms with E-state index in [0.717, 1.165) is 49.1 Å². The number of ether oxygens (including phenoxy) is 1. The van der Waals surface area contributed by atoms with Crippen LogP contribution in [0.3, 0.4) is 0 Å². The van der Waals surface area contributed by atoms with Crippen molar-refractivity contribution in [2.45, 2.75) is 19.8 Å². The van der Waals surface area contributed by atoms with Crippen molar-refractivity contribution in [2.75, 3.05) is 55.7 Å². The Morgan fingerprint density at radius 2 is 1.57 bits per heavy atom. The Balaban J connectivity index is 1.26. The van der Waals surface area contributed by atoms with Gasteiger partial charge in [-0.15, -0.1) is 10.2 Å². The topological polar surface area (TPSA) is 61.8 Å². The minimum Gasteiger partial charge on any atom is -0.484 e. The van der Waals surface area contributed by atoms with Crippen LogP contribution in [0.4, 0.5) is 11.6 Å². The molecule has 0 atom stereocenters.